The molecule has 0 aliphatic carbocycles. The first-order valence-corrected chi connectivity index (χ1v) is 7.82. The fourth-order valence-corrected chi connectivity index (χ4v) is 2.47. The van der Waals surface area contributed by atoms with Crippen molar-refractivity contribution in [1.82, 2.24) is 4.90 Å². The Morgan fingerprint density at radius 2 is 1.58 bits per heavy atom. The Kier molecular flexibility index (Phi) is 9.08. The van der Waals surface area contributed by atoms with Crippen LogP contribution in [0.25, 0.3) is 0 Å². The molecule has 4 nitrogen and oxygen atoms in total. The number of benzene rings is 2. The molecule has 2 aromatic carbocycles. The lowest BCUT2D eigenvalue weighted by molar-refractivity contribution is -0.134. The minimum absolute atomic E-state index is 0. The van der Waals surface area contributed by atoms with Gasteiger partial charge in [-0.2, -0.15) is 0 Å². The van der Waals surface area contributed by atoms with Crippen molar-refractivity contribution in [3.8, 4) is 0 Å². The minimum Gasteiger partial charge on any atom is -0.383 e. The molecule has 0 bridgehead atoms. The van der Waals surface area contributed by atoms with Crippen LogP contribution in [0.2, 0.25) is 0 Å². The van der Waals surface area contributed by atoms with E-state index in [4.69, 9.17) is 10.5 Å². The Morgan fingerprint density at radius 1 is 1.04 bits per heavy atom. The maximum Gasteiger partial charge on any atom is 0.242 e. The second-order valence-corrected chi connectivity index (χ2v) is 5.54. The molecule has 1 unspecified atom stereocenters. The Hall–Kier alpha value is -1.88. The van der Waals surface area contributed by atoms with Gasteiger partial charge < -0.3 is 15.4 Å². The van der Waals surface area contributed by atoms with Gasteiger partial charge in [0.25, 0.3) is 0 Å². The van der Waals surface area contributed by atoms with Gasteiger partial charge in [-0.25, -0.2) is 0 Å². The molecule has 0 heterocycles. The van der Waals surface area contributed by atoms with Crippen molar-refractivity contribution >= 4 is 18.3 Å². The Morgan fingerprint density at radius 3 is 2.12 bits per heavy atom. The summed E-state index contributed by atoms with van der Waals surface area (Å²) in [7, 11) is 1.55. The van der Waals surface area contributed by atoms with E-state index in [1.807, 2.05) is 53.4 Å². The zero-order valence-corrected chi connectivity index (χ0v) is 14.7. The van der Waals surface area contributed by atoms with Gasteiger partial charge in [-0.1, -0.05) is 60.7 Å². The highest BCUT2D eigenvalue weighted by atomic mass is 35.5. The fourth-order valence-electron chi connectivity index (χ4n) is 2.47. The molecule has 0 saturated carbocycles. The standard InChI is InChI=1S/C19H24N2O2.ClH/c1-23-15-18(20)19(22)21(14-17-10-6-3-7-11-17)13-12-16-8-4-2-5-9-16;/h2-11,18H,12-15,20H2,1H3;1H. The maximum atomic E-state index is 12.6. The second-order valence-electron chi connectivity index (χ2n) is 5.54. The van der Waals surface area contributed by atoms with Crippen molar-refractivity contribution in [2.24, 2.45) is 5.73 Å². The van der Waals surface area contributed by atoms with Crippen LogP contribution in [-0.2, 0) is 22.5 Å². The highest BCUT2D eigenvalue weighted by molar-refractivity contribution is 5.85. The van der Waals surface area contributed by atoms with Crippen LogP contribution < -0.4 is 5.73 Å². The normalized spacial score (nSPS) is 11.4. The predicted octanol–water partition coefficient (Wildman–Crippen LogP) is 2.65. The predicted molar refractivity (Wildman–Crippen MR) is 99.1 cm³/mol. The van der Waals surface area contributed by atoms with Gasteiger partial charge in [-0.3, -0.25) is 4.79 Å². The summed E-state index contributed by atoms with van der Waals surface area (Å²) in [4.78, 5) is 14.4. The molecule has 130 valence electrons. The quantitative estimate of drug-likeness (QED) is 0.798. The smallest absolute Gasteiger partial charge is 0.242 e. The van der Waals surface area contributed by atoms with Crippen LogP contribution >= 0.6 is 12.4 Å². The summed E-state index contributed by atoms with van der Waals surface area (Å²) < 4.78 is 5.02. The summed E-state index contributed by atoms with van der Waals surface area (Å²) in [6, 6.07) is 19.5. The lowest BCUT2D eigenvalue weighted by Crippen LogP contribution is -2.46. The molecule has 1 amide bonds. The summed E-state index contributed by atoms with van der Waals surface area (Å²) in [6.45, 7) is 1.43. The number of hydrogen-bond donors (Lipinski definition) is 1. The minimum atomic E-state index is -0.625. The van der Waals surface area contributed by atoms with Crippen molar-refractivity contribution in [3.05, 3.63) is 71.8 Å². The van der Waals surface area contributed by atoms with Gasteiger partial charge in [0.1, 0.15) is 6.04 Å². The highest BCUT2D eigenvalue weighted by Gasteiger charge is 2.21. The Labute approximate surface area is 150 Å². The monoisotopic (exact) mass is 348 g/mol. The van der Waals surface area contributed by atoms with E-state index in [1.54, 1.807) is 7.11 Å². The molecule has 1 atom stereocenters. The third kappa shape index (κ3) is 6.32. The van der Waals surface area contributed by atoms with Gasteiger partial charge in [0.05, 0.1) is 6.61 Å². The zero-order valence-electron chi connectivity index (χ0n) is 13.9. The lowest BCUT2D eigenvalue weighted by atomic mass is 10.1. The summed E-state index contributed by atoms with van der Waals surface area (Å²) in [6.07, 6.45) is 0.805. The molecular formula is C19H25ClN2O2. The largest absolute Gasteiger partial charge is 0.383 e. The molecule has 0 fully saturated rings. The topological polar surface area (TPSA) is 55.6 Å². The van der Waals surface area contributed by atoms with Crippen LogP contribution in [0.4, 0.5) is 0 Å². The number of rotatable bonds is 8. The third-order valence-corrected chi connectivity index (χ3v) is 3.70. The van der Waals surface area contributed by atoms with Gasteiger partial charge in [0, 0.05) is 20.2 Å². The molecule has 2 aromatic rings. The lowest BCUT2D eigenvalue weighted by Gasteiger charge is -2.26. The third-order valence-electron chi connectivity index (χ3n) is 3.70. The average molecular weight is 349 g/mol. The van der Waals surface area contributed by atoms with E-state index in [9.17, 15) is 4.79 Å². The van der Waals surface area contributed by atoms with E-state index in [1.165, 1.54) is 5.56 Å². The molecule has 2 rings (SSSR count). The van der Waals surface area contributed by atoms with Crippen LogP contribution in [0.3, 0.4) is 0 Å². The van der Waals surface area contributed by atoms with Crippen LogP contribution in [0, 0.1) is 0 Å². The number of carbonyl (C=O) groups is 1. The molecule has 0 aromatic heterocycles. The van der Waals surface area contributed by atoms with E-state index >= 15 is 0 Å². The summed E-state index contributed by atoms with van der Waals surface area (Å²) in [5.41, 5.74) is 8.24. The first-order chi connectivity index (χ1) is 11.2. The van der Waals surface area contributed by atoms with Crippen LogP contribution in [0.15, 0.2) is 60.7 Å². The van der Waals surface area contributed by atoms with E-state index in [-0.39, 0.29) is 24.9 Å². The van der Waals surface area contributed by atoms with Gasteiger partial charge in [-0.05, 0) is 17.5 Å². The van der Waals surface area contributed by atoms with Crippen molar-refractivity contribution in [2.75, 3.05) is 20.3 Å². The van der Waals surface area contributed by atoms with Gasteiger partial charge in [-0.15, -0.1) is 12.4 Å². The summed E-state index contributed by atoms with van der Waals surface area (Å²) >= 11 is 0. The zero-order chi connectivity index (χ0) is 16.5. The SMILES string of the molecule is COCC(N)C(=O)N(CCc1ccccc1)Cc1ccccc1.Cl. The van der Waals surface area contributed by atoms with Gasteiger partial charge >= 0.3 is 0 Å². The average Bonchev–Trinajstić information content (AvgIpc) is 2.60. The highest BCUT2D eigenvalue weighted by Crippen LogP contribution is 2.09. The molecule has 0 saturated heterocycles. The first kappa shape index (κ1) is 20.2. The molecule has 24 heavy (non-hydrogen) atoms. The number of nitrogens with zero attached hydrogens (tertiary/aromatic N) is 1. The number of nitrogens with two attached hydrogens (primary N) is 1. The van der Waals surface area contributed by atoms with Crippen LogP contribution in [0.1, 0.15) is 11.1 Å². The number of amides is 1. The van der Waals surface area contributed by atoms with Crippen LogP contribution in [0.5, 0.6) is 0 Å². The number of halogens is 1. The van der Waals surface area contributed by atoms with Gasteiger partial charge in [0.2, 0.25) is 5.91 Å². The van der Waals surface area contributed by atoms with Crippen molar-refractivity contribution in [3.63, 3.8) is 0 Å². The maximum absolute atomic E-state index is 12.6. The van der Waals surface area contributed by atoms with E-state index in [0.29, 0.717) is 13.1 Å². The number of carbonyl (C=O) groups excluding carboxylic acids is 1. The van der Waals surface area contributed by atoms with Crippen molar-refractivity contribution in [2.45, 2.75) is 19.0 Å². The summed E-state index contributed by atoms with van der Waals surface area (Å²) in [5.74, 6) is -0.0772. The number of hydrogen-bond acceptors (Lipinski definition) is 3. The van der Waals surface area contributed by atoms with E-state index < -0.39 is 6.04 Å². The number of ether oxygens (including phenoxy) is 1. The molecule has 0 aliphatic heterocycles. The Balaban J connectivity index is 0.00000288. The van der Waals surface area contributed by atoms with Crippen molar-refractivity contribution in [1.29, 1.82) is 0 Å². The Bertz CT molecular complexity index is 593. The summed E-state index contributed by atoms with van der Waals surface area (Å²) in [5, 5.41) is 0. The molecule has 5 heteroatoms. The second kappa shape index (κ2) is 10.8. The number of methoxy groups -OCH3 is 1. The molecule has 2 N–H and O–H groups in total. The molecule has 0 spiro atoms. The van der Waals surface area contributed by atoms with E-state index in [2.05, 4.69) is 12.1 Å². The van der Waals surface area contributed by atoms with Crippen molar-refractivity contribution < 1.29 is 9.53 Å². The molecular weight excluding hydrogens is 324 g/mol. The van der Waals surface area contributed by atoms with Crippen LogP contribution in [-0.4, -0.2) is 37.1 Å². The molecule has 0 radical (unpaired) electrons. The molecule has 0 aliphatic rings. The van der Waals surface area contributed by atoms with E-state index in [0.717, 1.165) is 12.0 Å². The fraction of sp³-hybridized carbons (Fsp3) is 0.316. The first-order valence-electron chi connectivity index (χ1n) is 7.82. The van der Waals surface area contributed by atoms with Gasteiger partial charge in [0.15, 0.2) is 0 Å².